The molecule has 3 fully saturated rings. The van der Waals surface area contributed by atoms with Crippen LogP contribution in [0.5, 0.6) is 0 Å². The Kier molecular flexibility index (Phi) is 5.56. The van der Waals surface area contributed by atoms with Crippen molar-refractivity contribution in [3.63, 3.8) is 0 Å². The molecule has 164 valence electrons. The van der Waals surface area contributed by atoms with Gasteiger partial charge in [-0.05, 0) is 56.3 Å². The van der Waals surface area contributed by atoms with Crippen molar-refractivity contribution in [2.24, 2.45) is 17.3 Å². The third-order valence-electron chi connectivity index (χ3n) is 6.30. The first-order valence-electron chi connectivity index (χ1n) is 10.4. The van der Waals surface area contributed by atoms with E-state index in [1.54, 1.807) is 6.92 Å². The van der Waals surface area contributed by atoms with E-state index in [-0.39, 0.29) is 17.3 Å². The van der Waals surface area contributed by atoms with Crippen molar-refractivity contribution in [3.05, 3.63) is 0 Å². The number of nitrogens with one attached hydrogen (secondary N) is 2. The second-order valence-corrected chi connectivity index (χ2v) is 10.1. The summed E-state index contributed by atoms with van der Waals surface area (Å²) in [5, 5.41) is 14.7. The van der Waals surface area contributed by atoms with Crippen LogP contribution in [0.4, 0.5) is 4.79 Å². The molecule has 1 saturated heterocycles. The van der Waals surface area contributed by atoms with Crippen LogP contribution >= 0.6 is 0 Å². The summed E-state index contributed by atoms with van der Waals surface area (Å²) in [4.78, 5) is 50.6. The molecule has 3 aliphatic rings. The Morgan fingerprint density at radius 1 is 1.33 bits per heavy atom. The van der Waals surface area contributed by atoms with E-state index >= 15 is 0 Å². The maximum absolute atomic E-state index is 13.0. The fourth-order valence-corrected chi connectivity index (χ4v) is 5.18. The van der Waals surface area contributed by atoms with Gasteiger partial charge in [-0.3, -0.25) is 19.3 Å². The fraction of sp³-hybridized carbons (Fsp3) is 0.762. The number of nitriles is 1. The summed E-state index contributed by atoms with van der Waals surface area (Å²) in [6.07, 6.45) is 3.73. The van der Waals surface area contributed by atoms with Crippen molar-refractivity contribution >= 4 is 23.8 Å². The third-order valence-corrected chi connectivity index (χ3v) is 6.30. The normalized spacial score (nSPS) is 29.7. The van der Waals surface area contributed by atoms with Crippen LogP contribution in [-0.4, -0.2) is 52.9 Å². The fourth-order valence-electron chi connectivity index (χ4n) is 5.18. The lowest BCUT2D eigenvalue weighted by Crippen LogP contribution is -2.54. The number of urea groups is 1. The monoisotopic (exact) mass is 418 g/mol. The summed E-state index contributed by atoms with van der Waals surface area (Å²) in [5.41, 5.74) is -2.08. The van der Waals surface area contributed by atoms with E-state index in [0.29, 0.717) is 12.8 Å². The molecule has 4 amide bonds. The molecule has 2 N–H and O–H groups in total. The van der Waals surface area contributed by atoms with Gasteiger partial charge in [0.2, 0.25) is 0 Å². The number of imide groups is 1. The molecule has 0 unspecified atom stereocenters. The number of nitrogens with zero attached hydrogens (tertiary/aromatic N) is 2. The van der Waals surface area contributed by atoms with Gasteiger partial charge in [0.05, 0.1) is 6.07 Å². The van der Waals surface area contributed by atoms with Crippen molar-refractivity contribution in [3.8, 4) is 6.07 Å². The smallest absolute Gasteiger partial charge is 0.326 e. The van der Waals surface area contributed by atoms with E-state index in [2.05, 4.69) is 30.6 Å². The van der Waals surface area contributed by atoms with Crippen LogP contribution in [0, 0.1) is 28.6 Å². The van der Waals surface area contributed by atoms with E-state index in [9.17, 15) is 24.4 Å². The summed E-state index contributed by atoms with van der Waals surface area (Å²) in [6.45, 7) is 6.71. The minimum atomic E-state index is -0.991. The van der Waals surface area contributed by atoms with Crippen LogP contribution in [0.25, 0.3) is 0 Å². The summed E-state index contributed by atoms with van der Waals surface area (Å²) < 4.78 is 4.96. The number of ether oxygens (including phenoxy) is 1. The highest BCUT2D eigenvalue weighted by Gasteiger charge is 2.56. The topological polar surface area (TPSA) is 129 Å². The van der Waals surface area contributed by atoms with Gasteiger partial charge in [-0.15, -0.1) is 0 Å². The molecular weight excluding hydrogens is 388 g/mol. The number of carbonyl (C=O) groups excluding carboxylic acids is 4. The van der Waals surface area contributed by atoms with Crippen molar-refractivity contribution in [2.75, 3.05) is 13.2 Å². The van der Waals surface area contributed by atoms with Gasteiger partial charge in [-0.1, -0.05) is 20.8 Å². The molecule has 1 spiro atoms. The first-order chi connectivity index (χ1) is 13.9. The second kappa shape index (κ2) is 7.56. The van der Waals surface area contributed by atoms with Gasteiger partial charge in [0.25, 0.3) is 11.8 Å². The van der Waals surface area contributed by atoms with Crippen molar-refractivity contribution < 1.29 is 23.9 Å². The number of rotatable bonds is 6. The highest BCUT2D eigenvalue weighted by molar-refractivity contribution is 6.08. The van der Waals surface area contributed by atoms with Gasteiger partial charge in [-0.25, -0.2) is 4.79 Å². The Morgan fingerprint density at radius 2 is 2.00 bits per heavy atom. The van der Waals surface area contributed by atoms with Gasteiger partial charge in [0, 0.05) is 0 Å². The summed E-state index contributed by atoms with van der Waals surface area (Å²) in [7, 11) is 0. The van der Waals surface area contributed by atoms with Crippen LogP contribution in [0.15, 0.2) is 0 Å². The average Bonchev–Trinajstić information content (AvgIpc) is 3.44. The minimum absolute atomic E-state index is 0.103. The molecule has 30 heavy (non-hydrogen) atoms. The summed E-state index contributed by atoms with van der Waals surface area (Å²) >= 11 is 0. The molecule has 0 aromatic carbocycles. The Balaban J connectivity index is 1.55. The molecule has 0 aromatic rings. The van der Waals surface area contributed by atoms with Crippen molar-refractivity contribution in [1.82, 2.24) is 15.5 Å². The maximum Gasteiger partial charge on any atom is 0.326 e. The minimum Gasteiger partial charge on any atom is -0.454 e. The van der Waals surface area contributed by atoms with Crippen LogP contribution in [0.2, 0.25) is 0 Å². The number of hydrogen-bond donors (Lipinski definition) is 2. The zero-order valence-corrected chi connectivity index (χ0v) is 18.0. The van der Waals surface area contributed by atoms with E-state index in [0.717, 1.165) is 24.2 Å². The third kappa shape index (κ3) is 4.42. The summed E-state index contributed by atoms with van der Waals surface area (Å²) in [6, 6.07) is 1.48. The van der Waals surface area contributed by atoms with E-state index in [1.165, 1.54) is 0 Å². The SMILES string of the molecule is C[C@H]1CC(C)(C)C[C@@]2(C1)NC(=O)N(CC(=O)OCC(=O)N[C@@](C)(C#N)C1CC1)C2=O. The van der Waals surface area contributed by atoms with Crippen LogP contribution < -0.4 is 10.6 Å². The first kappa shape index (κ1) is 22.1. The molecule has 0 radical (unpaired) electrons. The summed E-state index contributed by atoms with van der Waals surface area (Å²) in [5.74, 6) is -1.49. The molecule has 1 aliphatic heterocycles. The number of carbonyl (C=O) groups is 4. The lowest BCUT2D eigenvalue weighted by Gasteiger charge is -2.43. The van der Waals surface area contributed by atoms with Gasteiger partial charge < -0.3 is 15.4 Å². The van der Waals surface area contributed by atoms with E-state index in [4.69, 9.17) is 4.74 Å². The molecule has 0 bridgehead atoms. The molecule has 3 atom stereocenters. The number of esters is 1. The Morgan fingerprint density at radius 3 is 2.57 bits per heavy atom. The predicted molar refractivity (Wildman–Crippen MR) is 106 cm³/mol. The molecule has 0 aromatic heterocycles. The Labute approximate surface area is 176 Å². The molecule has 9 nitrogen and oxygen atoms in total. The largest absolute Gasteiger partial charge is 0.454 e. The lowest BCUT2D eigenvalue weighted by atomic mass is 9.64. The van der Waals surface area contributed by atoms with Gasteiger partial charge in [0.15, 0.2) is 6.61 Å². The van der Waals surface area contributed by atoms with Gasteiger partial charge >= 0.3 is 12.0 Å². The molecular formula is C21H30N4O5. The van der Waals surface area contributed by atoms with Gasteiger partial charge in [-0.2, -0.15) is 5.26 Å². The molecule has 3 rings (SSSR count). The predicted octanol–water partition coefficient (Wildman–Crippen LogP) is 1.47. The van der Waals surface area contributed by atoms with E-state index in [1.807, 2.05) is 6.92 Å². The van der Waals surface area contributed by atoms with E-state index < -0.39 is 48.0 Å². The second-order valence-electron chi connectivity index (χ2n) is 10.1. The maximum atomic E-state index is 13.0. The highest BCUT2D eigenvalue weighted by Crippen LogP contribution is 2.46. The number of hydrogen-bond acceptors (Lipinski definition) is 6. The molecule has 1 heterocycles. The Bertz CT molecular complexity index is 815. The molecule has 9 heteroatoms. The molecule has 2 saturated carbocycles. The molecule has 2 aliphatic carbocycles. The average molecular weight is 418 g/mol. The lowest BCUT2D eigenvalue weighted by molar-refractivity contribution is -0.151. The highest BCUT2D eigenvalue weighted by atomic mass is 16.5. The Hall–Kier alpha value is -2.63. The zero-order valence-electron chi connectivity index (χ0n) is 18.0. The first-order valence-corrected chi connectivity index (χ1v) is 10.4. The standard InChI is InChI=1S/C21H30N4O5/c1-13-7-19(2,3)11-21(8-13)17(28)25(18(29)24-21)9-16(27)30-10-15(26)23-20(4,12-22)14-5-6-14/h13-14H,5-11H2,1-4H3,(H,23,26)(H,24,29)/t13-,20-,21+/m0/s1. The van der Waals surface area contributed by atoms with Crippen LogP contribution in [-0.2, 0) is 19.1 Å². The van der Waals surface area contributed by atoms with Gasteiger partial charge in [0.1, 0.15) is 17.6 Å². The zero-order chi connectivity index (χ0) is 22.3. The number of amides is 4. The van der Waals surface area contributed by atoms with Crippen LogP contribution in [0.3, 0.4) is 0 Å². The van der Waals surface area contributed by atoms with Crippen LogP contribution in [0.1, 0.15) is 59.8 Å². The van der Waals surface area contributed by atoms with Crippen molar-refractivity contribution in [1.29, 1.82) is 5.26 Å². The van der Waals surface area contributed by atoms with Crippen molar-refractivity contribution in [2.45, 2.75) is 70.9 Å². The quantitative estimate of drug-likeness (QED) is 0.496.